The van der Waals surface area contributed by atoms with Crippen LogP contribution >= 0.6 is 0 Å². The molecule has 0 heterocycles. The molecule has 2 aromatic carbocycles. The van der Waals surface area contributed by atoms with Gasteiger partial charge in [-0.1, -0.05) is 42.5 Å². The van der Waals surface area contributed by atoms with Gasteiger partial charge in [0.2, 0.25) is 0 Å². The first kappa shape index (κ1) is 14.4. The van der Waals surface area contributed by atoms with Crippen molar-refractivity contribution >= 4 is 0 Å². The Morgan fingerprint density at radius 1 is 1.00 bits per heavy atom. The summed E-state index contributed by atoms with van der Waals surface area (Å²) in [5, 5.41) is 0. The Morgan fingerprint density at radius 3 is 2.50 bits per heavy atom. The minimum atomic E-state index is 0.155. The number of hydrogen-bond acceptors (Lipinski definition) is 4. The molecular weight excluding hydrogens is 254 g/mol. The Bertz CT molecular complexity index is 506. The van der Waals surface area contributed by atoms with Crippen molar-refractivity contribution in [3.63, 3.8) is 0 Å². The molecule has 2 N–H and O–H groups in total. The zero-order chi connectivity index (χ0) is 14.2. The summed E-state index contributed by atoms with van der Waals surface area (Å²) in [5.41, 5.74) is 7.70. The first-order valence-electron chi connectivity index (χ1n) is 6.45. The molecule has 4 heteroatoms. The van der Waals surface area contributed by atoms with E-state index in [1.54, 1.807) is 7.11 Å². The molecule has 0 aromatic heterocycles. The van der Waals surface area contributed by atoms with E-state index in [1.807, 2.05) is 48.5 Å². The molecule has 0 spiro atoms. The van der Waals surface area contributed by atoms with Crippen LogP contribution in [0.1, 0.15) is 11.1 Å². The average Bonchev–Trinajstić information content (AvgIpc) is 2.52. The lowest BCUT2D eigenvalue weighted by Crippen LogP contribution is -2.08. The molecule has 0 bridgehead atoms. The smallest absolute Gasteiger partial charge is 0.189 e. The Labute approximate surface area is 119 Å². The molecule has 0 atom stereocenters. The van der Waals surface area contributed by atoms with E-state index in [0.29, 0.717) is 24.7 Å². The summed E-state index contributed by atoms with van der Waals surface area (Å²) in [7, 11) is 1.60. The van der Waals surface area contributed by atoms with E-state index in [-0.39, 0.29) is 6.79 Å². The zero-order valence-corrected chi connectivity index (χ0v) is 11.5. The Hall–Kier alpha value is -2.04. The minimum absolute atomic E-state index is 0.155. The van der Waals surface area contributed by atoms with Crippen LogP contribution in [0.15, 0.2) is 48.5 Å². The molecule has 20 heavy (non-hydrogen) atoms. The highest BCUT2D eigenvalue weighted by Crippen LogP contribution is 2.30. The molecule has 0 saturated heterocycles. The number of nitrogens with two attached hydrogens (primary N) is 1. The fraction of sp³-hybridized carbons (Fsp3) is 0.250. The van der Waals surface area contributed by atoms with Crippen molar-refractivity contribution in [3.05, 3.63) is 59.7 Å². The molecule has 0 unspecified atom stereocenters. The predicted octanol–water partition coefficient (Wildman–Crippen LogP) is 2.71. The Kier molecular flexibility index (Phi) is 5.41. The lowest BCUT2D eigenvalue weighted by Gasteiger charge is -2.14. The maximum atomic E-state index is 5.69. The Balaban J connectivity index is 1.90. The molecule has 2 rings (SSSR count). The molecule has 0 saturated carbocycles. The van der Waals surface area contributed by atoms with Gasteiger partial charge in [0.05, 0.1) is 13.7 Å². The monoisotopic (exact) mass is 273 g/mol. The number of ether oxygens (including phenoxy) is 3. The quantitative estimate of drug-likeness (QED) is 0.622. The van der Waals surface area contributed by atoms with E-state index in [4.69, 9.17) is 19.9 Å². The Morgan fingerprint density at radius 2 is 1.80 bits per heavy atom. The van der Waals surface area contributed by atoms with E-state index >= 15 is 0 Å². The number of hydrogen-bond donors (Lipinski definition) is 1. The topological polar surface area (TPSA) is 53.7 Å². The summed E-state index contributed by atoms with van der Waals surface area (Å²) >= 11 is 0. The fourth-order valence-electron chi connectivity index (χ4n) is 1.88. The van der Waals surface area contributed by atoms with Gasteiger partial charge in [-0.05, 0) is 11.6 Å². The van der Waals surface area contributed by atoms with Gasteiger partial charge in [0.15, 0.2) is 18.3 Å². The van der Waals surface area contributed by atoms with Crippen molar-refractivity contribution < 1.29 is 14.2 Å². The standard InChI is InChI=1S/C16H19NO3/c1-18-15-9-5-8-14(10-17)16(15)20-12-19-11-13-6-3-2-4-7-13/h2-9H,10-12,17H2,1H3. The van der Waals surface area contributed by atoms with Crippen molar-refractivity contribution in [1.29, 1.82) is 0 Å². The van der Waals surface area contributed by atoms with Crippen LogP contribution < -0.4 is 15.2 Å². The van der Waals surface area contributed by atoms with Crippen molar-refractivity contribution in [2.24, 2.45) is 5.73 Å². The van der Waals surface area contributed by atoms with Gasteiger partial charge in [0, 0.05) is 12.1 Å². The second-order valence-electron chi connectivity index (χ2n) is 4.25. The van der Waals surface area contributed by atoms with Gasteiger partial charge in [-0.25, -0.2) is 0 Å². The maximum Gasteiger partial charge on any atom is 0.189 e. The molecule has 0 aliphatic heterocycles. The SMILES string of the molecule is COc1cccc(CN)c1OCOCc1ccccc1. The van der Waals surface area contributed by atoms with Crippen molar-refractivity contribution in [3.8, 4) is 11.5 Å². The molecule has 0 fully saturated rings. The molecule has 0 aliphatic carbocycles. The third kappa shape index (κ3) is 3.73. The molecule has 0 radical (unpaired) electrons. The molecule has 0 amide bonds. The normalized spacial score (nSPS) is 10.3. The lowest BCUT2D eigenvalue weighted by atomic mass is 10.2. The van der Waals surface area contributed by atoms with Gasteiger partial charge in [-0.2, -0.15) is 0 Å². The second-order valence-corrected chi connectivity index (χ2v) is 4.25. The van der Waals surface area contributed by atoms with Crippen LogP contribution in [0.4, 0.5) is 0 Å². The third-order valence-corrected chi connectivity index (χ3v) is 2.90. The van der Waals surface area contributed by atoms with Gasteiger partial charge in [-0.3, -0.25) is 0 Å². The second kappa shape index (κ2) is 7.53. The van der Waals surface area contributed by atoms with Crippen molar-refractivity contribution in [1.82, 2.24) is 0 Å². The number of para-hydroxylation sites is 1. The van der Waals surface area contributed by atoms with Gasteiger partial charge >= 0.3 is 0 Å². The third-order valence-electron chi connectivity index (χ3n) is 2.90. The highest BCUT2D eigenvalue weighted by molar-refractivity contribution is 5.46. The minimum Gasteiger partial charge on any atom is -0.493 e. The lowest BCUT2D eigenvalue weighted by molar-refractivity contribution is 0.00324. The molecule has 2 aromatic rings. The average molecular weight is 273 g/mol. The fourth-order valence-corrected chi connectivity index (χ4v) is 1.88. The van der Waals surface area contributed by atoms with Gasteiger partial charge in [0.25, 0.3) is 0 Å². The summed E-state index contributed by atoms with van der Waals surface area (Å²) in [6.07, 6.45) is 0. The van der Waals surface area contributed by atoms with Gasteiger partial charge < -0.3 is 19.9 Å². The van der Waals surface area contributed by atoms with Gasteiger partial charge in [-0.15, -0.1) is 0 Å². The number of methoxy groups -OCH3 is 1. The van der Waals surface area contributed by atoms with Crippen LogP contribution in [-0.2, 0) is 17.9 Å². The van der Waals surface area contributed by atoms with E-state index in [1.165, 1.54) is 0 Å². The highest BCUT2D eigenvalue weighted by atomic mass is 16.7. The summed E-state index contributed by atoms with van der Waals surface area (Å²) in [5.74, 6) is 1.31. The van der Waals surface area contributed by atoms with Crippen molar-refractivity contribution in [2.45, 2.75) is 13.2 Å². The molecule has 4 nitrogen and oxygen atoms in total. The zero-order valence-electron chi connectivity index (χ0n) is 11.5. The van der Waals surface area contributed by atoms with Crippen molar-refractivity contribution in [2.75, 3.05) is 13.9 Å². The van der Waals surface area contributed by atoms with Crippen LogP contribution in [-0.4, -0.2) is 13.9 Å². The number of benzene rings is 2. The van der Waals surface area contributed by atoms with E-state index in [2.05, 4.69) is 0 Å². The molecule has 106 valence electrons. The maximum absolute atomic E-state index is 5.69. The molecular formula is C16H19NO3. The van der Waals surface area contributed by atoms with Crippen LogP contribution in [0, 0.1) is 0 Å². The number of rotatable bonds is 7. The van der Waals surface area contributed by atoms with Gasteiger partial charge in [0.1, 0.15) is 0 Å². The largest absolute Gasteiger partial charge is 0.493 e. The highest BCUT2D eigenvalue weighted by Gasteiger charge is 2.09. The van der Waals surface area contributed by atoms with E-state index < -0.39 is 0 Å². The van der Waals surface area contributed by atoms with Crippen LogP contribution in [0.25, 0.3) is 0 Å². The first-order valence-corrected chi connectivity index (χ1v) is 6.45. The summed E-state index contributed by atoms with van der Waals surface area (Å²) in [6.45, 7) is 1.06. The first-order chi connectivity index (χ1) is 9.85. The van der Waals surface area contributed by atoms with E-state index in [0.717, 1.165) is 11.1 Å². The molecule has 0 aliphatic rings. The van der Waals surface area contributed by atoms with Crippen LogP contribution in [0.3, 0.4) is 0 Å². The van der Waals surface area contributed by atoms with Crippen LogP contribution in [0.5, 0.6) is 11.5 Å². The summed E-state index contributed by atoms with van der Waals surface area (Å²) < 4.78 is 16.4. The summed E-state index contributed by atoms with van der Waals surface area (Å²) in [4.78, 5) is 0. The van der Waals surface area contributed by atoms with E-state index in [9.17, 15) is 0 Å². The van der Waals surface area contributed by atoms with Crippen LogP contribution in [0.2, 0.25) is 0 Å². The predicted molar refractivity (Wildman–Crippen MR) is 77.6 cm³/mol. The summed E-state index contributed by atoms with van der Waals surface area (Å²) in [6, 6.07) is 15.6.